The van der Waals surface area contributed by atoms with Crippen molar-refractivity contribution in [2.75, 3.05) is 43.5 Å². The zero-order valence-electron chi connectivity index (χ0n) is 14.8. The number of ether oxygens (including phenoxy) is 1. The predicted molar refractivity (Wildman–Crippen MR) is 110 cm³/mol. The summed E-state index contributed by atoms with van der Waals surface area (Å²) in [6, 6.07) is 13.0. The molecule has 4 rings (SSSR count). The number of carbonyl (C=O) groups excluding carboxylic acids is 1. The molecule has 1 N–H and O–H groups in total. The van der Waals surface area contributed by atoms with Crippen LogP contribution in [0.5, 0.6) is 5.75 Å². The van der Waals surface area contributed by atoms with Gasteiger partial charge in [-0.25, -0.2) is 9.78 Å². The number of fused-ring (bicyclic) bond motifs is 1. The molecule has 2 aromatic carbocycles. The summed E-state index contributed by atoms with van der Waals surface area (Å²) in [5.74, 6) is 0.716. The Morgan fingerprint density at radius 2 is 2.00 bits per heavy atom. The van der Waals surface area contributed by atoms with Crippen LogP contribution in [0.15, 0.2) is 42.5 Å². The van der Waals surface area contributed by atoms with Crippen LogP contribution in [0.25, 0.3) is 10.2 Å². The van der Waals surface area contributed by atoms with Gasteiger partial charge in [0.15, 0.2) is 5.13 Å². The first-order valence-corrected chi connectivity index (χ1v) is 9.83. The van der Waals surface area contributed by atoms with E-state index in [0.717, 1.165) is 39.1 Å². The van der Waals surface area contributed by atoms with Crippen molar-refractivity contribution in [1.29, 1.82) is 0 Å². The average molecular weight is 403 g/mol. The zero-order chi connectivity index (χ0) is 18.8. The van der Waals surface area contributed by atoms with Gasteiger partial charge in [-0.15, -0.1) is 0 Å². The minimum Gasteiger partial charge on any atom is -0.497 e. The third-order valence-corrected chi connectivity index (χ3v) is 5.81. The maximum atomic E-state index is 12.5. The fraction of sp³-hybridized carbons (Fsp3) is 0.263. The zero-order valence-corrected chi connectivity index (χ0v) is 16.4. The number of thiazole rings is 1. The SMILES string of the molecule is COc1cccc(NC(=O)N2CCN(c3nc4ccc(Cl)cc4s3)CC2)c1. The van der Waals surface area contributed by atoms with Crippen molar-refractivity contribution in [2.45, 2.75) is 0 Å². The highest BCUT2D eigenvalue weighted by Gasteiger charge is 2.23. The van der Waals surface area contributed by atoms with Crippen molar-refractivity contribution in [3.63, 3.8) is 0 Å². The first-order chi connectivity index (χ1) is 13.1. The summed E-state index contributed by atoms with van der Waals surface area (Å²) in [5, 5.41) is 4.62. The Labute approximate surface area is 166 Å². The van der Waals surface area contributed by atoms with Gasteiger partial charge >= 0.3 is 6.03 Å². The van der Waals surface area contributed by atoms with Crippen LogP contribution >= 0.6 is 22.9 Å². The summed E-state index contributed by atoms with van der Waals surface area (Å²) in [6.45, 7) is 2.79. The molecule has 8 heteroatoms. The van der Waals surface area contributed by atoms with Gasteiger partial charge in [0.2, 0.25) is 0 Å². The van der Waals surface area contributed by atoms with Crippen LogP contribution in [0, 0.1) is 0 Å². The van der Waals surface area contributed by atoms with E-state index in [1.165, 1.54) is 0 Å². The van der Waals surface area contributed by atoms with E-state index in [-0.39, 0.29) is 6.03 Å². The molecule has 140 valence electrons. The number of halogens is 1. The molecule has 1 saturated heterocycles. The maximum absolute atomic E-state index is 12.5. The van der Waals surface area contributed by atoms with Crippen molar-refractivity contribution in [3.05, 3.63) is 47.5 Å². The lowest BCUT2D eigenvalue weighted by atomic mass is 10.3. The summed E-state index contributed by atoms with van der Waals surface area (Å²) in [5.41, 5.74) is 1.68. The second-order valence-corrected chi connectivity index (χ2v) is 7.69. The number of anilines is 2. The van der Waals surface area contributed by atoms with E-state index < -0.39 is 0 Å². The van der Waals surface area contributed by atoms with Crippen LogP contribution in [0.4, 0.5) is 15.6 Å². The molecule has 6 nitrogen and oxygen atoms in total. The van der Waals surface area contributed by atoms with Crippen molar-refractivity contribution in [3.8, 4) is 5.75 Å². The van der Waals surface area contributed by atoms with E-state index in [0.29, 0.717) is 18.8 Å². The number of urea groups is 1. The standard InChI is InChI=1S/C19H19ClN4O2S/c1-26-15-4-2-3-14(12-15)21-18(25)23-7-9-24(10-8-23)19-22-16-6-5-13(20)11-17(16)27-19/h2-6,11-12H,7-10H2,1H3,(H,21,25). The van der Waals surface area contributed by atoms with Gasteiger partial charge in [-0.05, 0) is 30.3 Å². The van der Waals surface area contributed by atoms with Crippen LogP contribution in [0.1, 0.15) is 0 Å². The van der Waals surface area contributed by atoms with E-state index in [1.807, 2.05) is 41.3 Å². The molecule has 0 atom stereocenters. The number of benzene rings is 2. The first kappa shape index (κ1) is 17.9. The quantitative estimate of drug-likeness (QED) is 0.709. The Kier molecular flexibility index (Phi) is 5.05. The molecule has 0 spiro atoms. The molecule has 0 saturated carbocycles. The van der Waals surface area contributed by atoms with Crippen LogP contribution in [-0.2, 0) is 0 Å². The highest BCUT2D eigenvalue weighted by atomic mass is 35.5. The molecule has 0 radical (unpaired) electrons. The normalized spacial score (nSPS) is 14.4. The van der Waals surface area contributed by atoms with Gasteiger partial charge < -0.3 is 19.9 Å². The third kappa shape index (κ3) is 3.94. The van der Waals surface area contributed by atoms with Crippen LogP contribution in [-0.4, -0.2) is 49.2 Å². The Bertz CT molecular complexity index is 969. The Morgan fingerprint density at radius 1 is 1.19 bits per heavy atom. The molecule has 2 amide bonds. The molecule has 1 aromatic heterocycles. The molecular weight excluding hydrogens is 384 g/mol. The topological polar surface area (TPSA) is 57.7 Å². The number of nitrogens with zero attached hydrogens (tertiary/aromatic N) is 3. The molecule has 1 aliphatic rings. The van der Waals surface area contributed by atoms with Crippen LogP contribution in [0.3, 0.4) is 0 Å². The van der Waals surface area contributed by atoms with Crippen molar-refractivity contribution in [1.82, 2.24) is 9.88 Å². The number of piperazine rings is 1. The van der Waals surface area contributed by atoms with Crippen molar-refractivity contribution < 1.29 is 9.53 Å². The molecular formula is C19H19ClN4O2S. The summed E-state index contributed by atoms with van der Waals surface area (Å²) < 4.78 is 6.27. The lowest BCUT2D eigenvalue weighted by molar-refractivity contribution is 0.208. The fourth-order valence-corrected chi connectivity index (χ4v) is 4.32. The second-order valence-electron chi connectivity index (χ2n) is 6.24. The average Bonchev–Trinajstić information content (AvgIpc) is 3.11. The van der Waals surface area contributed by atoms with Gasteiger partial charge in [0.1, 0.15) is 5.75 Å². The largest absolute Gasteiger partial charge is 0.497 e. The van der Waals surface area contributed by atoms with Crippen LogP contribution < -0.4 is 15.0 Å². The molecule has 0 unspecified atom stereocenters. The number of nitrogens with one attached hydrogen (secondary N) is 1. The number of hydrogen-bond acceptors (Lipinski definition) is 5. The minimum atomic E-state index is -0.0982. The minimum absolute atomic E-state index is 0.0982. The van der Waals surface area contributed by atoms with Gasteiger partial charge in [-0.2, -0.15) is 0 Å². The highest BCUT2D eigenvalue weighted by molar-refractivity contribution is 7.22. The van der Waals surface area contributed by atoms with Crippen LogP contribution in [0.2, 0.25) is 5.02 Å². The van der Waals surface area contributed by atoms with E-state index in [9.17, 15) is 4.79 Å². The monoisotopic (exact) mass is 402 g/mol. The Morgan fingerprint density at radius 3 is 2.78 bits per heavy atom. The number of hydrogen-bond donors (Lipinski definition) is 1. The Hall–Kier alpha value is -2.51. The van der Waals surface area contributed by atoms with E-state index >= 15 is 0 Å². The maximum Gasteiger partial charge on any atom is 0.321 e. The lowest BCUT2D eigenvalue weighted by Gasteiger charge is -2.34. The summed E-state index contributed by atoms with van der Waals surface area (Å²) in [7, 11) is 1.61. The first-order valence-electron chi connectivity index (χ1n) is 8.63. The number of methoxy groups -OCH3 is 1. The molecule has 27 heavy (non-hydrogen) atoms. The lowest BCUT2D eigenvalue weighted by Crippen LogP contribution is -2.50. The molecule has 0 bridgehead atoms. The highest BCUT2D eigenvalue weighted by Crippen LogP contribution is 2.31. The molecule has 0 aliphatic carbocycles. The van der Waals surface area contributed by atoms with E-state index in [4.69, 9.17) is 16.3 Å². The van der Waals surface area contributed by atoms with Gasteiger partial charge in [-0.3, -0.25) is 0 Å². The Balaban J connectivity index is 1.38. The number of carbonyl (C=O) groups is 1. The number of aromatic nitrogens is 1. The van der Waals surface area contributed by atoms with Gasteiger partial charge in [0, 0.05) is 43.0 Å². The second kappa shape index (κ2) is 7.62. The fourth-order valence-electron chi connectivity index (χ4n) is 3.03. The smallest absolute Gasteiger partial charge is 0.321 e. The van der Waals surface area contributed by atoms with E-state index in [2.05, 4.69) is 15.2 Å². The molecule has 1 aliphatic heterocycles. The molecule has 1 fully saturated rings. The summed E-state index contributed by atoms with van der Waals surface area (Å²) in [4.78, 5) is 21.2. The number of rotatable bonds is 3. The van der Waals surface area contributed by atoms with Crippen molar-refractivity contribution in [2.24, 2.45) is 0 Å². The summed E-state index contributed by atoms with van der Waals surface area (Å²) >= 11 is 7.69. The predicted octanol–water partition coefficient (Wildman–Crippen LogP) is 4.31. The van der Waals surface area contributed by atoms with Gasteiger partial charge in [0.25, 0.3) is 0 Å². The molecule has 2 heterocycles. The van der Waals surface area contributed by atoms with Crippen molar-refractivity contribution >= 4 is 50.0 Å². The van der Waals surface area contributed by atoms with Gasteiger partial charge in [-0.1, -0.05) is 29.0 Å². The third-order valence-electron chi connectivity index (χ3n) is 4.50. The summed E-state index contributed by atoms with van der Waals surface area (Å²) in [6.07, 6.45) is 0. The van der Waals surface area contributed by atoms with Gasteiger partial charge in [0.05, 0.1) is 17.3 Å². The van der Waals surface area contributed by atoms with E-state index in [1.54, 1.807) is 24.5 Å². The molecule has 3 aromatic rings. The number of amides is 2.